The number of nitrogens with zero attached hydrogens (tertiary/aromatic N) is 1. The lowest BCUT2D eigenvalue weighted by atomic mass is 10.0. The van der Waals surface area contributed by atoms with Gasteiger partial charge in [0.2, 0.25) is 5.91 Å². The van der Waals surface area contributed by atoms with E-state index in [0.29, 0.717) is 18.1 Å². The molecule has 0 radical (unpaired) electrons. The Kier molecular flexibility index (Phi) is 7.61. The van der Waals surface area contributed by atoms with E-state index in [0.717, 1.165) is 41.5 Å². The maximum atomic E-state index is 12.9. The van der Waals surface area contributed by atoms with Gasteiger partial charge in [0.1, 0.15) is 6.04 Å². The molecule has 6 heteroatoms. The molecule has 0 bridgehead atoms. The molecular formula is C21H25BrN2O2S. The molecule has 1 fully saturated rings. The zero-order valence-electron chi connectivity index (χ0n) is 15.3. The summed E-state index contributed by atoms with van der Waals surface area (Å²) in [7, 11) is -0.987. The second-order valence-corrected chi connectivity index (χ2v) is 9.26. The highest BCUT2D eigenvalue weighted by Gasteiger charge is 2.29. The van der Waals surface area contributed by atoms with E-state index in [1.807, 2.05) is 54.6 Å². The fourth-order valence-corrected chi connectivity index (χ4v) is 4.88. The first-order chi connectivity index (χ1) is 13.1. The van der Waals surface area contributed by atoms with E-state index >= 15 is 0 Å². The minimum atomic E-state index is -0.987. The first kappa shape index (κ1) is 20.2. The number of rotatable bonds is 8. The largest absolute Gasteiger partial charge is 0.354 e. The summed E-state index contributed by atoms with van der Waals surface area (Å²) in [6.07, 6.45) is 2.25. The van der Waals surface area contributed by atoms with Crippen LogP contribution in [0.3, 0.4) is 0 Å². The number of benzene rings is 2. The number of amides is 1. The van der Waals surface area contributed by atoms with Crippen LogP contribution in [0.5, 0.6) is 0 Å². The summed E-state index contributed by atoms with van der Waals surface area (Å²) in [6, 6.07) is 17.5. The second-order valence-electron chi connectivity index (χ2n) is 6.77. The average molecular weight is 449 g/mol. The van der Waals surface area contributed by atoms with Gasteiger partial charge in [-0.05, 0) is 49.2 Å². The molecule has 2 aromatic rings. The Morgan fingerprint density at radius 2 is 1.85 bits per heavy atom. The lowest BCUT2D eigenvalue weighted by molar-refractivity contribution is -0.126. The fraction of sp³-hybridized carbons (Fsp3) is 0.381. The predicted molar refractivity (Wildman–Crippen MR) is 114 cm³/mol. The first-order valence-corrected chi connectivity index (χ1v) is 11.6. The van der Waals surface area contributed by atoms with E-state index in [9.17, 15) is 9.00 Å². The van der Waals surface area contributed by atoms with Gasteiger partial charge in [-0.25, -0.2) is 0 Å². The van der Waals surface area contributed by atoms with Crippen molar-refractivity contribution in [2.24, 2.45) is 0 Å². The van der Waals surface area contributed by atoms with Crippen molar-refractivity contribution in [1.82, 2.24) is 10.2 Å². The Bertz CT molecular complexity index is 779. The molecule has 2 atom stereocenters. The summed E-state index contributed by atoms with van der Waals surface area (Å²) in [5, 5.41) is 3.01. The molecule has 1 amide bonds. The van der Waals surface area contributed by atoms with Gasteiger partial charge in [0.25, 0.3) is 0 Å². The van der Waals surface area contributed by atoms with Gasteiger partial charge in [0, 0.05) is 33.3 Å². The monoisotopic (exact) mass is 448 g/mol. The van der Waals surface area contributed by atoms with Crippen molar-refractivity contribution in [3.63, 3.8) is 0 Å². The number of hydrogen-bond donors (Lipinski definition) is 1. The van der Waals surface area contributed by atoms with Gasteiger partial charge in [-0.1, -0.05) is 58.4 Å². The Morgan fingerprint density at radius 1 is 1.11 bits per heavy atom. The SMILES string of the molecule is O=C(NCC[S@](=O)Cc1ccccc1)[C@H](c1cccc(Br)c1)N1CCCC1. The number of nitrogens with one attached hydrogen (secondary N) is 1. The Morgan fingerprint density at radius 3 is 2.56 bits per heavy atom. The van der Waals surface area contributed by atoms with Crippen molar-refractivity contribution in [2.45, 2.75) is 24.6 Å². The zero-order chi connectivity index (χ0) is 19.1. The number of likely N-dealkylation sites (tertiary alicyclic amines) is 1. The summed E-state index contributed by atoms with van der Waals surface area (Å²) in [4.78, 5) is 15.1. The highest BCUT2D eigenvalue weighted by atomic mass is 79.9. The lowest BCUT2D eigenvalue weighted by Gasteiger charge is -2.27. The fourth-order valence-electron chi connectivity index (χ4n) is 3.42. The summed E-state index contributed by atoms with van der Waals surface area (Å²) in [5.74, 6) is 0.982. The summed E-state index contributed by atoms with van der Waals surface area (Å²) < 4.78 is 13.3. The number of hydrogen-bond acceptors (Lipinski definition) is 3. The minimum Gasteiger partial charge on any atom is -0.354 e. The molecular weight excluding hydrogens is 424 g/mol. The van der Waals surface area contributed by atoms with Crippen molar-refractivity contribution in [2.75, 3.05) is 25.4 Å². The van der Waals surface area contributed by atoms with Gasteiger partial charge < -0.3 is 5.32 Å². The molecule has 1 aliphatic heterocycles. The summed E-state index contributed by atoms with van der Waals surface area (Å²) in [5.41, 5.74) is 2.06. The molecule has 1 saturated heterocycles. The van der Waals surface area contributed by atoms with Crippen LogP contribution in [-0.4, -0.2) is 40.4 Å². The molecule has 1 aliphatic rings. The number of carbonyl (C=O) groups excluding carboxylic acids is 1. The highest BCUT2D eigenvalue weighted by molar-refractivity contribution is 9.10. The van der Waals surface area contributed by atoms with Gasteiger partial charge in [-0.15, -0.1) is 0 Å². The van der Waals surface area contributed by atoms with Gasteiger partial charge in [0.05, 0.1) is 0 Å². The Hall–Kier alpha value is -1.50. The lowest BCUT2D eigenvalue weighted by Crippen LogP contribution is -2.40. The predicted octanol–water partition coefficient (Wildman–Crippen LogP) is 3.65. The van der Waals surface area contributed by atoms with Crippen LogP contribution in [0, 0.1) is 0 Å². The molecule has 2 aromatic carbocycles. The van der Waals surface area contributed by atoms with Crippen molar-refractivity contribution >= 4 is 32.6 Å². The molecule has 27 heavy (non-hydrogen) atoms. The van der Waals surface area contributed by atoms with Crippen LogP contribution in [-0.2, 0) is 21.3 Å². The first-order valence-electron chi connectivity index (χ1n) is 9.29. The van der Waals surface area contributed by atoms with E-state index in [1.54, 1.807) is 0 Å². The maximum Gasteiger partial charge on any atom is 0.241 e. The number of halogens is 1. The van der Waals surface area contributed by atoms with Crippen LogP contribution in [0.2, 0.25) is 0 Å². The van der Waals surface area contributed by atoms with E-state index < -0.39 is 10.8 Å². The molecule has 0 unspecified atom stereocenters. The van der Waals surface area contributed by atoms with Gasteiger partial charge in [0.15, 0.2) is 0 Å². The van der Waals surface area contributed by atoms with Gasteiger partial charge in [-0.3, -0.25) is 13.9 Å². The minimum absolute atomic E-state index is 0.00767. The summed E-state index contributed by atoms with van der Waals surface area (Å²) in [6.45, 7) is 2.30. The van der Waals surface area contributed by atoms with Crippen molar-refractivity contribution in [3.8, 4) is 0 Å². The quantitative estimate of drug-likeness (QED) is 0.670. The molecule has 3 rings (SSSR count). The number of carbonyl (C=O) groups is 1. The van der Waals surface area contributed by atoms with E-state index in [4.69, 9.17) is 0 Å². The second kappa shape index (κ2) is 10.2. The van der Waals surface area contributed by atoms with Crippen LogP contribution in [0.1, 0.15) is 30.0 Å². The van der Waals surface area contributed by atoms with Crippen LogP contribution in [0.4, 0.5) is 0 Å². The van der Waals surface area contributed by atoms with E-state index in [1.165, 1.54) is 0 Å². The standard InChI is InChI=1S/C21H25BrN2O2S/c22-19-10-6-9-18(15-19)20(24-12-4-5-13-24)21(25)23-11-14-27(26)16-17-7-2-1-3-8-17/h1-3,6-10,15,20H,4-5,11-14,16H2,(H,23,25)/t20-,27-/m0/s1. The van der Waals surface area contributed by atoms with E-state index in [-0.39, 0.29) is 11.9 Å². The normalized spacial score (nSPS) is 16.8. The maximum absolute atomic E-state index is 12.9. The average Bonchev–Trinajstić information content (AvgIpc) is 3.17. The third-order valence-corrected chi connectivity index (χ3v) is 6.53. The Labute approximate surface area is 171 Å². The molecule has 0 aromatic heterocycles. The molecule has 0 saturated carbocycles. The molecule has 4 nitrogen and oxygen atoms in total. The summed E-state index contributed by atoms with van der Waals surface area (Å²) >= 11 is 3.50. The van der Waals surface area contributed by atoms with Crippen molar-refractivity contribution < 1.29 is 9.00 Å². The van der Waals surface area contributed by atoms with Crippen LogP contribution in [0.15, 0.2) is 59.1 Å². The Balaban J connectivity index is 1.57. The van der Waals surface area contributed by atoms with Crippen molar-refractivity contribution in [3.05, 3.63) is 70.2 Å². The highest BCUT2D eigenvalue weighted by Crippen LogP contribution is 2.27. The van der Waals surface area contributed by atoms with Crippen LogP contribution >= 0.6 is 15.9 Å². The molecule has 144 valence electrons. The van der Waals surface area contributed by atoms with Crippen LogP contribution < -0.4 is 5.32 Å². The topological polar surface area (TPSA) is 49.4 Å². The van der Waals surface area contributed by atoms with Crippen molar-refractivity contribution in [1.29, 1.82) is 0 Å². The molecule has 1 heterocycles. The molecule has 0 spiro atoms. The molecule has 0 aliphatic carbocycles. The van der Waals surface area contributed by atoms with Gasteiger partial charge >= 0.3 is 0 Å². The van der Waals surface area contributed by atoms with E-state index in [2.05, 4.69) is 26.1 Å². The third-order valence-electron chi connectivity index (χ3n) is 4.72. The van der Waals surface area contributed by atoms with Crippen LogP contribution in [0.25, 0.3) is 0 Å². The smallest absolute Gasteiger partial charge is 0.241 e. The zero-order valence-corrected chi connectivity index (χ0v) is 17.7. The molecule has 1 N–H and O–H groups in total. The third kappa shape index (κ3) is 5.99. The van der Waals surface area contributed by atoms with Gasteiger partial charge in [-0.2, -0.15) is 0 Å².